The third-order valence-electron chi connectivity index (χ3n) is 6.45. The highest BCUT2D eigenvalue weighted by molar-refractivity contribution is 7.21. The second kappa shape index (κ2) is 11.2. The minimum Gasteiger partial charge on any atom is -0.493 e. The molecule has 0 saturated heterocycles. The normalized spacial score (nSPS) is 11.0. The van der Waals surface area contributed by atoms with Crippen molar-refractivity contribution in [2.24, 2.45) is 0 Å². The van der Waals surface area contributed by atoms with E-state index < -0.39 is 0 Å². The molecule has 0 aliphatic carbocycles. The van der Waals surface area contributed by atoms with Crippen LogP contribution in [0, 0.1) is 0 Å². The zero-order chi connectivity index (χ0) is 28.5. The molecule has 206 valence electrons. The number of anilines is 2. The molecule has 0 spiro atoms. The highest BCUT2D eigenvalue weighted by Gasteiger charge is 2.24. The molecule has 1 amide bonds. The molecule has 0 fully saturated rings. The molecule has 0 unspecified atom stereocenters. The molecular formula is C30H24N4O4S3. The summed E-state index contributed by atoms with van der Waals surface area (Å²) in [5.74, 6) is 1.15. The zero-order valence-corrected chi connectivity index (χ0v) is 24.7. The summed E-state index contributed by atoms with van der Waals surface area (Å²) in [4.78, 5) is 25.0. The molecular weight excluding hydrogens is 577 g/mol. The number of rotatable bonds is 8. The second-order valence-electron chi connectivity index (χ2n) is 8.83. The van der Waals surface area contributed by atoms with Gasteiger partial charge >= 0.3 is 0 Å². The number of hydrogen-bond donors (Lipinski definition) is 2. The van der Waals surface area contributed by atoms with E-state index in [0.29, 0.717) is 43.2 Å². The summed E-state index contributed by atoms with van der Waals surface area (Å²) in [7, 11) is 4.71. The summed E-state index contributed by atoms with van der Waals surface area (Å²) in [6.45, 7) is 0. The minimum absolute atomic E-state index is 0.338. The number of carbonyl (C=O) groups is 1. The Labute approximate surface area is 248 Å². The van der Waals surface area contributed by atoms with Gasteiger partial charge in [0.05, 0.1) is 43.3 Å². The van der Waals surface area contributed by atoms with Gasteiger partial charge in [-0.05, 0) is 40.8 Å². The lowest BCUT2D eigenvalue weighted by Gasteiger charge is -2.15. The van der Waals surface area contributed by atoms with E-state index in [1.807, 2.05) is 71.4 Å². The largest absolute Gasteiger partial charge is 0.493 e. The van der Waals surface area contributed by atoms with Crippen LogP contribution in [0.15, 0.2) is 71.4 Å². The lowest BCUT2D eigenvalue weighted by Crippen LogP contribution is -2.11. The molecule has 0 aliphatic rings. The van der Waals surface area contributed by atoms with Crippen molar-refractivity contribution in [1.82, 2.24) is 9.97 Å². The Balaban J connectivity index is 1.48. The maximum Gasteiger partial charge on any atom is 0.269 e. The summed E-state index contributed by atoms with van der Waals surface area (Å²) in [5.41, 5.74) is 11.1. The van der Waals surface area contributed by atoms with Crippen LogP contribution in [0.1, 0.15) is 9.67 Å². The van der Waals surface area contributed by atoms with Crippen molar-refractivity contribution in [3.63, 3.8) is 0 Å². The van der Waals surface area contributed by atoms with Crippen molar-refractivity contribution in [2.45, 2.75) is 0 Å². The number of hydrogen-bond acceptors (Lipinski definition) is 10. The van der Waals surface area contributed by atoms with Gasteiger partial charge in [0.1, 0.15) is 9.71 Å². The highest BCUT2D eigenvalue weighted by Crippen LogP contribution is 2.46. The Bertz CT molecular complexity index is 1840. The predicted molar refractivity (Wildman–Crippen MR) is 168 cm³/mol. The van der Waals surface area contributed by atoms with Gasteiger partial charge in [0.2, 0.25) is 5.75 Å². The van der Waals surface area contributed by atoms with E-state index >= 15 is 0 Å². The molecule has 6 aromatic rings. The van der Waals surface area contributed by atoms with Crippen LogP contribution in [-0.4, -0.2) is 37.2 Å². The molecule has 41 heavy (non-hydrogen) atoms. The van der Waals surface area contributed by atoms with Crippen molar-refractivity contribution in [3.05, 3.63) is 76.3 Å². The number of ether oxygens (including phenoxy) is 3. The molecule has 0 aliphatic heterocycles. The molecule has 0 bridgehead atoms. The number of nitrogens with zero attached hydrogens (tertiary/aromatic N) is 2. The number of nitrogens with one attached hydrogen (secondary N) is 1. The Morgan fingerprint density at radius 1 is 0.854 bits per heavy atom. The summed E-state index contributed by atoms with van der Waals surface area (Å²) in [6, 6.07) is 19.5. The number of nitrogen functional groups attached to an aromatic ring is 1. The number of thiophene rings is 2. The molecule has 4 aromatic heterocycles. The summed E-state index contributed by atoms with van der Waals surface area (Å²) in [6.07, 6.45) is 0. The smallest absolute Gasteiger partial charge is 0.269 e. The van der Waals surface area contributed by atoms with Gasteiger partial charge in [-0.25, -0.2) is 9.97 Å². The van der Waals surface area contributed by atoms with Crippen molar-refractivity contribution in [1.29, 1.82) is 0 Å². The van der Waals surface area contributed by atoms with Crippen LogP contribution >= 0.6 is 34.0 Å². The molecule has 0 atom stereocenters. The average Bonchev–Trinajstić information content (AvgIpc) is 3.77. The molecule has 8 nitrogen and oxygen atoms in total. The maximum atomic E-state index is 13.5. The zero-order valence-electron chi connectivity index (χ0n) is 22.3. The molecule has 6 rings (SSSR count). The van der Waals surface area contributed by atoms with Crippen LogP contribution < -0.4 is 25.3 Å². The highest BCUT2D eigenvalue weighted by atomic mass is 32.1. The molecule has 4 heterocycles. The Hall–Kier alpha value is -4.45. The topological polar surface area (TPSA) is 109 Å². The predicted octanol–water partition coefficient (Wildman–Crippen LogP) is 7.68. The van der Waals surface area contributed by atoms with Gasteiger partial charge in [-0.3, -0.25) is 10.1 Å². The van der Waals surface area contributed by atoms with Gasteiger partial charge in [-0.2, -0.15) is 0 Å². The second-order valence-corrected chi connectivity index (χ2v) is 11.6. The van der Waals surface area contributed by atoms with Crippen LogP contribution in [-0.2, 0) is 0 Å². The number of fused-ring (bicyclic) bond motifs is 1. The first-order chi connectivity index (χ1) is 20.0. The molecule has 0 radical (unpaired) electrons. The van der Waals surface area contributed by atoms with Gasteiger partial charge in [0.25, 0.3) is 5.91 Å². The van der Waals surface area contributed by atoms with E-state index in [1.165, 1.54) is 22.7 Å². The van der Waals surface area contributed by atoms with Crippen molar-refractivity contribution < 1.29 is 19.0 Å². The fourth-order valence-electron chi connectivity index (χ4n) is 4.53. The first-order valence-electron chi connectivity index (χ1n) is 12.4. The van der Waals surface area contributed by atoms with Crippen molar-refractivity contribution in [2.75, 3.05) is 32.4 Å². The summed E-state index contributed by atoms with van der Waals surface area (Å²) < 4.78 is 16.8. The monoisotopic (exact) mass is 600 g/mol. The maximum absolute atomic E-state index is 13.5. The number of amides is 1. The third kappa shape index (κ3) is 4.99. The standard InChI is InChI=1S/C30H24N4O4S3/c1-36-21-12-17(13-22(37-2)26(21)38-3)18-14-19(16-8-5-4-6-9-16)32-29-24(18)25(31)27(41-29)28(35)34-30-33-20(15-40-30)23-10-7-11-39-23/h4-15H,31H2,1-3H3,(H,33,34,35). The van der Waals surface area contributed by atoms with E-state index in [0.717, 1.165) is 33.0 Å². The Morgan fingerprint density at radius 2 is 1.61 bits per heavy atom. The number of nitrogens with two attached hydrogens (primary N) is 1. The van der Waals surface area contributed by atoms with Gasteiger partial charge in [-0.1, -0.05) is 36.4 Å². The quantitative estimate of drug-likeness (QED) is 0.184. The number of carbonyl (C=O) groups excluding carboxylic acids is 1. The van der Waals surface area contributed by atoms with Gasteiger partial charge in [-0.15, -0.1) is 34.0 Å². The SMILES string of the molecule is COc1cc(-c2cc(-c3ccccc3)nc3sc(C(=O)Nc4nc(-c5cccs5)cs4)c(N)c23)cc(OC)c1OC. The van der Waals surface area contributed by atoms with E-state index in [4.69, 9.17) is 24.9 Å². The van der Waals surface area contributed by atoms with Gasteiger partial charge in [0.15, 0.2) is 16.6 Å². The van der Waals surface area contributed by atoms with Crippen LogP contribution in [0.4, 0.5) is 10.8 Å². The average molecular weight is 601 g/mol. The molecule has 11 heteroatoms. The molecule has 0 saturated carbocycles. The number of benzene rings is 2. The Morgan fingerprint density at radius 3 is 2.27 bits per heavy atom. The summed E-state index contributed by atoms with van der Waals surface area (Å²) >= 11 is 4.21. The molecule has 2 aromatic carbocycles. The van der Waals surface area contributed by atoms with E-state index in [1.54, 1.807) is 32.7 Å². The summed E-state index contributed by atoms with van der Waals surface area (Å²) in [5, 5.41) is 8.01. The van der Waals surface area contributed by atoms with Gasteiger partial charge in [0, 0.05) is 16.3 Å². The van der Waals surface area contributed by atoms with Gasteiger partial charge < -0.3 is 19.9 Å². The Kier molecular flexibility index (Phi) is 7.31. The van der Waals surface area contributed by atoms with Crippen LogP contribution in [0.25, 0.3) is 43.2 Å². The number of pyridine rings is 1. The van der Waals surface area contributed by atoms with Crippen LogP contribution in [0.2, 0.25) is 0 Å². The van der Waals surface area contributed by atoms with Crippen molar-refractivity contribution >= 4 is 61.0 Å². The van der Waals surface area contributed by atoms with E-state index in [2.05, 4.69) is 10.3 Å². The van der Waals surface area contributed by atoms with Crippen molar-refractivity contribution in [3.8, 4) is 50.2 Å². The lowest BCUT2D eigenvalue weighted by atomic mass is 9.98. The third-order valence-corrected chi connectivity index (χ3v) is 9.20. The molecule has 3 N–H and O–H groups in total. The van der Waals surface area contributed by atoms with E-state index in [-0.39, 0.29) is 5.91 Å². The van der Waals surface area contributed by atoms with Crippen LogP contribution in [0.3, 0.4) is 0 Å². The fourth-order valence-corrected chi connectivity index (χ4v) is 7.01. The van der Waals surface area contributed by atoms with E-state index in [9.17, 15) is 4.79 Å². The number of methoxy groups -OCH3 is 3. The van der Waals surface area contributed by atoms with Crippen LogP contribution in [0.5, 0.6) is 17.2 Å². The number of thiazole rings is 1. The number of aromatic nitrogens is 2. The first kappa shape index (κ1) is 26.8. The fraction of sp³-hybridized carbons (Fsp3) is 0.100. The lowest BCUT2D eigenvalue weighted by molar-refractivity contribution is 0.103. The minimum atomic E-state index is -0.338. The first-order valence-corrected chi connectivity index (χ1v) is 15.0.